The van der Waals surface area contributed by atoms with Gasteiger partial charge in [-0.25, -0.2) is 19.7 Å². The lowest BCUT2D eigenvalue weighted by Crippen LogP contribution is -2.50. The molecule has 8 nitrogen and oxygen atoms in total. The Bertz CT molecular complexity index is 1090. The van der Waals surface area contributed by atoms with Crippen molar-refractivity contribution in [2.24, 2.45) is 0 Å². The summed E-state index contributed by atoms with van der Waals surface area (Å²) in [4.78, 5) is 28.3. The second-order valence-electron chi connectivity index (χ2n) is 6.66. The third kappa shape index (κ3) is 5.52. The second-order valence-corrected chi connectivity index (χ2v) is 6.66. The number of ether oxygens (including phenoxy) is 3. The first-order valence-corrected chi connectivity index (χ1v) is 9.31. The van der Waals surface area contributed by atoms with Crippen molar-refractivity contribution in [2.45, 2.75) is 17.4 Å². The number of carbonyl (C=O) groups is 1. The van der Waals surface area contributed by atoms with E-state index in [0.717, 1.165) is 0 Å². The van der Waals surface area contributed by atoms with Crippen LogP contribution in [0, 0.1) is 0 Å². The average Bonchev–Trinajstić information content (AvgIpc) is 2.75. The Morgan fingerprint density at radius 1 is 1.03 bits per heavy atom. The summed E-state index contributed by atoms with van der Waals surface area (Å²) in [7, 11) is 28.2. The van der Waals surface area contributed by atoms with E-state index in [1.807, 2.05) is 0 Å². The van der Waals surface area contributed by atoms with Crippen LogP contribution >= 0.6 is 0 Å². The molecule has 3 aromatic rings. The maximum absolute atomic E-state index is 11.7. The first kappa shape index (κ1) is 23.4. The Labute approximate surface area is 192 Å². The lowest BCUT2D eigenvalue weighted by molar-refractivity contribution is 0.0525. The molecule has 0 amide bonds. The van der Waals surface area contributed by atoms with Crippen LogP contribution in [-0.4, -0.2) is 77.1 Å². The van der Waals surface area contributed by atoms with Crippen LogP contribution in [0.15, 0.2) is 49.2 Å². The van der Waals surface area contributed by atoms with Gasteiger partial charge in [0, 0.05) is 35.8 Å². The lowest BCUT2D eigenvalue weighted by atomic mass is 9.28. The fourth-order valence-electron chi connectivity index (χ4n) is 2.31. The largest absolute Gasteiger partial charge is 0.503 e. The van der Waals surface area contributed by atoms with Crippen LogP contribution in [-0.2, 0) is 4.74 Å². The summed E-state index contributed by atoms with van der Waals surface area (Å²) in [6.45, 7) is 1.96. The molecule has 0 aliphatic carbocycles. The summed E-state index contributed by atoms with van der Waals surface area (Å²) in [6.07, 6.45) is 7.15. The molecule has 0 saturated heterocycles. The number of hydrogen-bond donors (Lipinski definition) is 0. The molecular formula is C19H13B5N4O4. The van der Waals surface area contributed by atoms with Gasteiger partial charge in [0.05, 0.1) is 41.9 Å². The molecule has 3 rings (SSSR count). The van der Waals surface area contributed by atoms with Crippen molar-refractivity contribution in [1.82, 2.24) is 19.9 Å². The van der Waals surface area contributed by atoms with E-state index in [4.69, 9.17) is 53.4 Å². The summed E-state index contributed by atoms with van der Waals surface area (Å²) >= 11 is 0. The SMILES string of the molecule is [B]C([B])([B])C([B])([B])Oc1cccnc1Oc1cncc(-c2ncc(C(=O)OCC)cn2)c1. The fraction of sp³-hybridized carbons (Fsp3) is 0.211. The third-order valence-electron chi connectivity index (χ3n) is 4.04. The molecule has 0 spiro atoms. The van der Waals surface area contributed by atoms with E-state index in [2.05, 4.69) is 19.9 Å². The maximum Gasteiger partial charge on any atom is 0.341 e. The van der Waals surface area contributed by atoms with Crippen LogP contribution < -0.4 is 9.47 Å². The molecule has 0 fully saturated rings. The Balaban J connectivity index is 1.82. The molecule has 3 heterocycles. The Kier molecular flexibility index (Phi) is 6.96. The predicted molar refractivity (Wildman–Crippen MR) is 120 cm³/mol. The maximum atomic E-state index is 11.7. The molecule has 0 atom stereocenters. The predicted octanol–water partition coefficient (Wildman–Crippen LogP) is 0.851. The van der Waals surface area contributed by atoms with Gasteiger partial charge >= 0.3 is 5.97 Å². The van der Waals surface area contributed by atoms with Crippen molar-refractivity contribution in [2.75, 3.05) is 6.61 Å². The van der Waals surface area contributed by atoms with E-state index in [-0.39, 0.29) is 29.5 Å². The zero-order valence-electron chi connectivity index (χ0n) is 17.1. The molecule has 0 saturated carbocycles. The van der Waals surface area contributed by atoms with Crippen LogP contribution in [0.4, 0.5) is 0 Å². The molecule has 10 radical (unpaired) electrons. The van der Waals surface area contributed by atoms with Gasteiger partial charge in [-0.15, -0.1) is 5.11 Å². The topological polar surface area (TPSA) is 96.3 Å². The van der Waals surface area contributed by atoms with Gasteiger partial charge in [0.15, 0.2) is 11.6 Å². The molecule has 32 heavy (non-hydrogen) atoms. The minimum absolute atomic E-state index is 0.00884. The van der Waals surface area contributed by atoms with Gasteiger partial charge in [0.2, 0.25) is 0 Å². The zero-order chi connectivity index (χ0) is 23.4. The second kappa shape index (κ2) is 9.50. The van der Waals surface area contributed by atoms with Gasteiger partial charge in [-0.1, -0.05) is 0 Å². The van der Waals surface area contributed by atoms with Crippen molar-refractivity contribution in [1.29, 1.82) is 0 Å². The summed E-state index contributed by atoms with van der Waals surface area (Å²) in [5, 5.41) is -4.17. The molecular weight excluding hydrogens is 402 g/mol. The van der Waals surface area contributed by atoms with E-state index in [1.54, 1.807) is 19.1 Å². The van der Waals surface area contributed by atoms with E-state index in [0.29, 0.717) is 11.4 Å². The monoisotopic (exact) mass is 416 g/mol. The Morgan fingerprint density at radius 2 is 1.75 bits per heavy atom. The molecule has 0 aliphatic heterocycles. The van der Waals surface area contributed by atoms with E-state index < -0.39 is 16.5 Å². The van der Waals surface area contributed by atoms with Gasteiger partial charge in [-0.2, -0.15) is 0 Å². The fourth-order valence-corrected chi connectivity index (χ4v) is 2.31. The van der Waals surface area contributed by atoms with Gasteiger partial charge in [-0.3, -0.25) is 4.98 Å². The number of aromatic nitrogens is 4. The highest BCUT2D eigenvalue weighted by molar-refractivity contribution is 6.66. The molecule has 0 unspecified atom stereocenters. The molecule has 13 heteroatoms. The molecule has 3 aromatic heterocycles. The molecule has 0 aromatic carbocycles. The van der Waals surface area contributed by atoms with Crippen molar-refractivity contribution in [3.63, 3.8) is 0 Å². The van der Waals surface area contributed by atoms with Crippen LogP contribution in [0.25, 0.3) is 11.4 Å². The lowest BCUT2D eigenvalue weighted by Gasteiger charge is -2.42. The van der Waals surface area contributed by atoms with Gasteiger partial charge in [-0.05, 0) is 25.1 Å². The molecule has 148 valence electrons. The average molecular weight is 415 g/mol. The number of carbonyl (C=O) groups excluding carboxylic acids is 1. The van der Waals surface area contributed by atoms with Crippen LogP contribution in [0.3, 0.4) is 0 Å². The third-order valence-corrected chi connectivity index (χ3v) is 4.04. The van der Waals surface area contributed by atoms with E-state index >= 15 is 0 Å². The van der Waals surface area contributed by atoms with Crippen molar-refractivity contribution in [3.05, 3.63) is 54.7 Å². The van der Waals surface area contributed by atoms with E-state index in [1.165, 1.54) is 37.1 Å². The molecule has 0 aliphatic rings. The molecule has 0 N–H and O–H groups in total. The minimum atomic E-state index is -2.12. The number of rotatable bonds is 8. The highest BCUT2D eigenvalue weighted by Crippen LogP contribution is 2.35. The molecule has 0 bridgehead atoms. The van der Waals surface area contributed by atoms with Crippen molar-refractivity contribution >= 4 is 45.2 Å². The standard InChI is InChI=1S/C19H13B5N4O4/c1-2-30-17(29)12-8-27-15(28-9-12)11-6-13(10-25-7-11)31-16-14(4-3-5-26-16)32-19(23,24)18(20,21)22/h3-10H,2H2,1H3. The quantitative estimate of drug-likeness (QED) is 0.395. The van der Waals surface area contributed by atoms with Crippen molar-refractivity contribution in [3.8, 4) is 28.8 Å². The highest BCUT2D eigenvalue weighted by atomic mass is 16.5. The summed E-state index contributed by atoms with van der Waals surface area (Å²) in [5.74, 6) is 0.140. The van der Waals surface area contributed by atoms with Crippen LogP contribution in [0.2, 0.25) is 5.11 Å². The first-order valence-electron chi connectivity index (χ1n) is 9.31. The Morgan fingerprint density at radius 3 is 2.41 bits per heavy atom. The van der Waals surface area contributed by atoms with Gasteiger partial charge < -0.3 is 14.2 Å². The van der Waals surface area contributed by atoms with Crippen LogP contribution in [0.5, 0.6) is 17.4 Å². The minimum Gasteiger partial charge on any atom is -0.503 e. The summed E-state index contributed by atoms with van der Waals surface area (Å²) in [6, 6.07) is 4.68. The van der Waals surface area contributed by atoms with Gasteiger partial charge in [0.25, 0.3) is 5.88 Å². The zero-order valence-corrected chi connectivity index (χ0v) is 17.1. The van der Waals surface area contributed by atoms with Crippen LogP contribution in [0.1, 0.15) is 17.3 Å². The number of pyridine rings is 2. The van der Waals surface area contributed by atoms with Crippen molar-refractivity contribution < 1.29 is 19.0 Å². The first-order chi connectivity index (χ1) is 15.1. The normalized spacial score (nSPS) is 11.5. The summed E-state index contributed by atoms with van der Waals surface area (Å²) < 4.78 is 16.1. The number of esters is 1. The smallest absolute Gasteiger partial charge is 0.341 e. The Hall–Kier alpha value is -3.23. The summed E-state index contributed by atoms with van der Waals surface area (Å²) in [5.41, 5.74) is 0.752. The highest BCUT2D eigenvalue weighted by Gasteiger charge is 2.33. The number of nitrogens with zero attached hydrogens (tertiary/aromatic N) is 4. The van der Waals surface area contributed by atoms with Gasteiger partial charge in [0.1, 0.15) is 21.4 Å². The number of hydrogen-bond acceptors (Lipinski definition) is 8. The van der Waals surface area contributed by atoms with E-state index in [9.17, 15) is 4.79 Å².